The van der Waals surface area contributed by atoms with Crippen LogP contribution in [0.4, 0.5) is 0 Å². The lowest BCUT2D eigenvalue weighted by molar-refractivity contribution is -0.152. The number of aromatic amines is 1. The highest BCUT2D eigenvalue weighted by Crippen LogP contribution is 2.29. The van der Waals surface area contributed by atoms with Gasteiger partial charge in [-0.05, 0) is 168 Å². The number of hydrogen-bond acceptors (Lipinski definition) is 10. The smallest absolute Gasteiger partial charge is 0.331 e. The Kier molecular flexibility index (Phi) is 20.6. The zero-order chi connectivity index (χ0) is 43.4. The molecule has 5 aliphatic carbocycles. The fraction of sp³-hybridized carbons (Fsp3) is 0.533. The van der Waals surface area contributed by atoms with Gasteiger partial charge < -0.3 is 19.7 Å². The summed E-state index contributed by atoms with van der Waals surface area (Å²) in [5, 5.41) is 19.9. The second-order valence-electron chi connectivity index (χ2n) is 15.3. The molecule has 1 unspecified atom stereocenters. The number of carboxylic acids is 1. The molecule has 12 nitrogen and oxygen atoms in total. The van der Waals surface area contributed by atoms with E-state index in [1.54, 1.807) is 13.0 Å². The predicted molar refractivity (Wildman–Crippen MR) is 231 cm³/mol. The molecule has 0 radical (unpaired) electrons. The molecule has 0 amide bonds. The van der Waals surface area contributed by atoms with Crippen LogP contribution < -0.4 is 5.56 Å². The van der Waals surface area contributed by atoms with Gasteiger partial charge in [-0.25, -0.2) is 14.8 Å². The molecule has 3 N–H and O–H groups in total. The van der Waals surface area contributed by atoms with Gasteiger partial charge in [0.2, 0.25) is 0 Å². The lowest BCUT2D eigenvalue weighted by atomic mass is 9.88. The molecule has 0 aliphatic heterocycles. The number of H-pyrrole nitrogens is 1. The number of carbonyl (C=O) groups excluding carboxylic acids is 3. The molecule has 1 fully saturated rings. The van der Waals surface area contributed by atoms with Crippen LogP contribution in [0.3, 0.4) is 0 Å². The summed E-state index contributed by atoms with van der Waals surface area (Å²) >= 11 is 17.5. The van der Waals surface area contributed by atoms with E-state index >= 15 is 0 Å². The number of aromatic nitrogens is 3. The standard InChI is InChI=1S/C9H9Cl2N.C9H10ClN.C9H11NO2.C9H12O4.C9H14O3/c10-8-5-6-3-1-2-4-7(6)9(11)12-8;10-9-5-7-3-1-2-4-8(7)6-11-9;11-8-5-6-3-1-2-4-7(6)9(12)10-8;10-6-13-5-7-3-1-2-4-8(7)9(11)12;1-2-12-9(11)7-5-3-4-6-8(7)10/h5H,1-4H2;5-6H,1-4H2;5H,1-4H2,(H2,10,11,12);6H,1-5H2,(H,11,12);7H,2-6H2,1H3. The van der Waals surface area contributed by atoms with Crippen molar-refractivity contribution in [3.8, 4) is 5.88 Å². The van der Waals surface area contributed by atoms with Crippen molar-refractivity contribution in [2.24, 2.45) is 5.92 Å². The van der Waals surface area contributed by atoms with Crippen LogP contribution in [0.25, 0.3) is 0 Å². The van der Waals surface area contributed by atoms with Crippen molar-refractivity contribution in [1.29, 1.82) is 0 Å². The van der Waals surface area contributed by atoms with Crippen LogP contribution in [0.15, 0.2) is 40.3 Å². The van der Waals surface area contributed by atoms with Gasteiger partial charge in [0.25, 0.3) is 12.0 Å². The first-order valence-electron chi connectivity index (χ1n) is 21.0. The highest BCUT2D eigenvalue weighted by molar-refractivity contribution is 6.33. The number of ketones is 1. The van der Waals surface area contributed by atoms with Gasteiger partial charge in [0, 0.05) is 29.8 Å². The summed E-state index contributed by atoms with van der Waals surface area (Å²) in [6.45, 7) is 2.60. The molecule has 0 spiro atoms. The Morgan fingerprint density at radius 3 is 2.02 bits per heavy atom. The van der Waals surface area contributed by atoms with E-state index < -0.39 is 11.9 Å². The Balaban J connectivity index is 0.000000165. The minimum absolute atomic E-state index is 0.0553. The van der Waals surface area contributed by atoms with E-state index in [2.05, 4.69) is 19.7 Å². The molecule has 1 saturated carbocycles. The zero-order valence-electron chi connectivity index (χ0n) is 34.3. The minimum atomic E-state index is -0.885. The van der Waals surface area contributed by atoms with Gasteiger partial charge in [0.1, 0.15) is 33.8 Å². The first kappa shape index (κ1) is 48.4. The number of ether oxygens (including phenoxy) is 2. The Morgan fingerprint density at radius 2 is 1.35 bits per heavy atom. The van der Waals surface area contributed by atoms with Crippen molar-refractivity contribution in [3.05, 3.63) is 94.7 Å². The van der Waals surface area contributed by atoms with Gasteiger partial charge in [-0.15, -0.1) is 0 Å². The molecule has 60 heavy (non-hydrogen) atoms. The van der Waals surface area contributed by atoms with Crippen molar-refractivity contribution in [2.75, 3.05) is 13.2 Å². The molecule has 326 valence electrons. The van der Waals surface area contributed by atoms with Gasteiger partial charge in [-0.1, -0.05) is 41.2 Å². The summed E-state index contributed by atoms with van der Waals surface area (Å²) in [6.07, 6.45) is 21.8. The van der Waals surface area contributed by atoms with Crippen LogP contribution in [0.1, 0.15) is 130 Å². The number of aryl methyl sites for hydroxylation is 4. The summed E-state index contributed by atoms with van der Waals surface area (Å²) in [5.41, 5.74) is 8.20. The maximum absolute atomic E-state index is 11.2. The summed E-state index contributed by atoms with van der Waals surface area (Å²) in [6, 6.07) is 5.52. The number of rotatable bonds is 6. The van der Waals surface area contributed by atoms with E-state index in [0.29, 0.717) is 53.4 Å². The maximum atomic E-state index is 11.2. The van der Waals surface area contributed by atoms with Crippen LogP contribution >= 0.6 is 34.8 Å². The third kappa shape index (κ3) is 15.3. The van der Waals surface area contributed by atoms with E-state index in [4.69, 9.17) is 44.6 Å². The first-order valence-corrected chi connectivity index (χ1v) is 22.1. The van der Waals surface area contributed by atoms with Gasteiger partial charge in [0.15, 0.2) is 5.88 Å². The molecule has 0 aromatic carbocycles. The van der Waals surface area contributed by atoms with E-state index in [9.17, 15) is 29.1 Å². The third-order valence-electron chi connectivity index (χ3n) is 11.1. The van der Waals surface area contributed by atoms with Crippen molar-refractivity contribution < 1.29 is 38.9 Å². The molecule has 5 aliphatic rings. The Bertz CT molecular complexity index is 2030. The molecule has 3 aromatic rings. The molecular formula is C45H56Cl3N3O9. The molecule has 0 bridgehead atoms. The van der Waals surface area contributed by atoms with Crippen LogP contribution in [-0.4, -0.2) is 62.6 Å². The largest absolute Gasteiger partial charge is 0.494 e. The number of Topliss-reactive ketones (excluding diaryl/α,β-unsaturated/α-hetero) is 1. The second kappa shape index (κ2) is 25.5. The highest BCUT2D eigenvalue weighted by Gasteiger charge is 2.29. The minimum Gasteiger partial charge on any atom is -0.494 e. The molecular weight excluding hydrogens is 833 g/mol. The number of halogens is 3. The number of nitrogens with zero attached hydrogens (tertiary/aromatic N) is 2. The topological polar surface area (TPSA) is 186 Å². The van der Waals surface area contributed by atoms with Crippen LogP contribution in [0.2, 0.25) is 15.5 Å². The average molecular weight is 889 g/mol. The number of aliphatic carboxylic acids is 1. The third-order valence-corrected chi connectivity index (χ3v) is 11.8. The van der Waals surface area contributed by atoms with E-state index in [1.165, 1.54) is 60.8 Å². The monoisotopic (exact) mass is 887 g/mol. The number of nitrogens with one attached hydrogen (secondary N) is 1. The van der Waals surface area contributed by atoms with Crippen LogP contribution in [0.5, 0.6) is 5.88 Å². The Hall–Kier alpha value is -4.26. The van der Waals surface area contributed by atoms with Crippen molar-refractivity contribution in [1.82, 2.24) is 15.0 Å². The van der Waals surface area contributed by atoms with Crippen LogP contribution in [-0.2, 0) is 67.2 Å². The van der Waals surface area contributed by atoms with Crippen molar-refractivity contribution in [3.63, 3.8) is 0 Å². The summed E-state index contributed by atoms with van der Waals surface area (Å²) in [7, 11) is 0. The molecule has 8 rings (SSSR count). The molecule has 3 aromatic heterocycles. The van der Waals surface area contributed by atoms with Crippen LogP contribution in [0, 0.1) is 5.92 Å². The van der Waals surface area contributed by atoms with E-state index in [-0.39, 0.29) is 29.8 Å². The Morgan fingerprint density at radius 1 is 0.767 bits per heavy atom. The fourth-order valence-electron chi connectivity index (χ4n) is 7.99. The number of pyridine rings is 3. The fourth-order valence-corrected chi connectivity index (χ4v) is 8.73. The normalized spacial score (nSPS) is 17.7. The molecule has 3 heterocycles. The van der Waals surface area contributed by atoms with Crippen molar-refractivity contribution in [2.45, 2.75) is 135 Å². The highest BCUT2D eigenvalue weighted by atomic mass is 35.5. The zero-order valence-corrected chi connectivity index (χ0v) is 36.6. The number of hydrogen-bond donors (Lipinski definition) is 3. The number of fused-ring (bicyclic) bond motifs is 3. The lowest BCUT2D eigenvalue weighted by Gasteiger charge is -2.18. The number of carboxylic acid groups (broad SMARTS) is 1. The average Bonchev–Trinajstić information content (AvgIpc) is 3.24. The summed E-state index contributed by atoms with van der Waals surface area (Å²) in [4.78, 5) is 64.5. The summed E-state index contributed by atoms with van der Waals surface area (Å²) in [5.74, 6) is -1.55. The molecule has 15 heteroatoms. The van der Waals surface area contributed by atoms with E-state index in [1.807, 2.05) is 18.3 Å². The number of carbonyl (C=O) groups is 4. The maximum Gasteiger partial charge on any atom is 0.331 e. The molecule has 1 atom stereocenters. The first-order chi connectivity index (χ1) is 28.9. The number of esters is 1. The van der Waals surface area contributed by atoms with Gasteiger partial charge >= 0.3 is 11.9 Å². The van der Waals surface area contributed by atoms with Gasteiger partial charge in [0.05, 0.1) is 6.61 Å². The number of aromatic hydroxyl groups is 1. The van der Waals surface area contributed by atoms with E-state index in [0.717, 1.165) is 87.3 Å². The molecule has 0 saturated heterocycles. The lowest BCUT2D eigenvalue weighted by Crippen LogP contribution is -2.28. The van der Waals surface area contributed by atoms with Gasteiger partial charge in [-0.3, -0.25) is 24.2 Å². The summed E-state index contributed by atoms with van der Waals surface area (Å²) < 4.78 is 9.34. The quantitative estimate of drug-likeness (QED) is 0.0927. The van der Waals surface area contributed by atoms with Gasteiger partial charge in [-0.2, -0.15) is 0 Å². The SMILES string of the molecule is CCOC(=O)C1CCCCC1=O.Clc1cc2c(c(Cl)n1)CCCC2.Clc1cc2c(cn1)CCCC2.O=COCC1=C(C(=O)O)CCCC1.O=c1cc2c(c(O)[nH]1)CCCC2. The Labute approximate surface area is 366 Å². The predicted octanol–water partition coefficient (Wildman–Crippen LogP) is 9.26. The van der Waals surface area contributed by atoms with Crippen molar-refractivity contribution >= 4 is 59.0 Å². The second-order valence-corrected chi connectivity index (χ2v) is 16.4.